The predicted molar refractivity (Wildman–Crippen MR) is 106 cm³/mol. The Bertz CT molecular complexity index is 735. The maximum atomic E-state index is 12.8. The fraction of sp³-hybridized carbons (Fsp3) is 0.455. The van der Waals surface area contributed by atoms with Gasteiger partial charge in [0, 0.05) is 19.2 Å². The van der Waals surface area contributed by atoms with Crippen LogP contribution in [0.4, 0.5) is 13.2 Å². The van der Waals surface area contributed by atoms with Crippen LogP contribution < -0.4 is 10.1 Å². The number of hydrogen-bond donors (Lipinski definition) is 3. The summed E-state index contributed by atoms with van der Waals surface area (Å²) in [5.41, 5.74) is 0.559. The van der Waals surface area contributed by atoms with Crippen LogP contribution in [-0.2, 0) is 12.6 Å². The van der Waals surface area contributed by atoms with Gasteiger partial charge in [0.1, 0.15) is 5.75 Å². The number of benzene rings is 2. The minimum Gasteiger partial charge on any atom is -0.494 e. The Morgan fingerprint density at radius 2 is 1.79 bits per heavy atom. The zero-order valence-electron chi connectivity index (χ0n) is 16.5. The summed E-state index contributed by atoms with van der Waals surface area (Å²) in [5.74, 6) is 0.771. The second-order valence-electron chi connectivity index (χ2n) is 7.08. The Morgan fingerprint density at radius 3 is 2.45 bits per heavy atom. The van der Waals surface area contributed by atoms with Crippen LogP contribution in [0.3, 0.4) is 0 Å². The van der Waals surface area contributed by atoms with Crippen LogP contribution in [0.25, 0.3) is 0 Å². The first kappa shape index (κ1) is 23.2. The smallest absolute Gasteiger partial charge is 0.416 e. The Labute approximate surface area is 169 Å². The first-order valence-electron chi connectivity index (χ1n) is 9.71. The highest BCUT2D eigenvalue weighted by Crippen LogP contribution is 2.30. The van der Waals surface area contributed by atoms with Crippen molar-refractivity contribution in [3.05, 3.63) is 65.2 Å². The molecule has 0 radical (unpaired) electrons. The molecule has 0 aliphatic heterocycles. The molecule has 0 aliphatic carbocycles. The molecule has 0 spiro atoms. The molecule has 3 N–H and O–H groups in total. The van der Waals surface area contributed by atoms with Crippen molar-refractivity contribution in [3.63, 3.8) is 0 Å². The number of nitrogens with one attached hydrogen (secondary N) is 1. The number of aliphatic hydroxyl groups excluding tert-OH is 2. The molecule has 7 heteroatoms. The van der Waals surface area contributed by atoms with Crippen LogP contribution in [0.5, 0.6) is 5.75 Å². The van der Waals surface area contributed by atoms with E-state index < -0.39 is 17.8 Å². The Balaban J connectivity index is 1.80. The second-order valence-corrected chi connectivity index (χ2v) is 7.08. The number of hydrogen-bond acceptors (Lipinski definition) is 4. The largest absolute Gasteiger partial charge is 0.494 e. The number of aliphatic hydroxyl groups is 2. The van der Waals surface area contributed by atoms with Gasteiger partial charge >= 0.3 is 6.18 Å². The standard InChI is InChI=1S/C22H28F3NO3/c1-16(13-17-7-9-20(10-8-17)29-12-3-2-11-27)26-15-21(28)18-5-4-6-19(14-18)22(23,24)25/h4-10,14,16,21,26-28H,2-3,11-13,15H2,1H3. The first-order valence-corrected chi connectivity index (χ1v) is 9.71. The van der Waals surface area contributed by atoms with Crippen LogP contribution in [0, 0.1) is 0 Å². The minimum absolute atomic E-state index is 0.0340. The van der Waals surface area contributed by atoms with Gasteiger partial charge in [-0.25, -0.2) is 0 Å². The molecule has 2 aromatic rings. The summed E-state index contributed by atoms with van der Waals surface area (Å²) < 4.78 is 44.0. The molecule has 0 bridgehead atoms. The molecule has 0 aromatic heterocycles. The third-order valence-corrected chi connectivity index (χ3v) is 4.54. The normalized spacial score (nSPS) is 13.9. The molecule has 0 amide bonds. The lowest BCUT2D eigenvalue weighted by molar-refractivity contribution is -0.137. The summed E-state index contributed by atoms with van der Waals surface area (Å²) in [6.07, 6.45) is -3.22. The Kier molecular flexibility index (Phi) is 8.95. The number of rotatable bonds is 11. The molecular weight excluding hydrogens is 383 g/mol. The van der Waals surface area contributed by atoms with Crippen LogP contribution in [0.15, 0.2) is 48.5 Å². The molecule has 0 saturated heterocycles. The van der Waals surface area contributed by atoms with Gasteiger partial charge in [-0.1, -0.05) is 24.3 Å². The molecular formula is C22H28F3NO3. The molecule has 0 heterocycles. The number of alkyl halides is 3. The zero-order valence-corrected chi connectivity index (χ0v) is 16.5. The highest BCUT2D eigenvalue weighted by Gasteiger charge is 2.30. The summed E-state index contributed by atoms with van der Waals surface area (Å²) in [6, 6.07) is 12.5. The molecule has 2 aromatic carbocycles. The summed E-state index contributed by atoms with van der Waals surface area (Å²) in [6.45, 7) is 2.84. The van der Waals surface area contributed by atoms with E-state index in [1.165, 1.54) is 12.1 Å². The van der Waals surface area contributed by atoms with Crippen molar-refractivity contribution in [2.45, 2.75) is 44.5 Å². The average Bonchev–Trinajstić information content (AvgIpc) is 2.70. The minimum atomic E-state index is -4.43. The predicted octanol–water partition coefficient (Wildman–Crippen LogP) is 4.11. The number of unbranched alkanes of at least 4 members (excludes halogenated alkanes) is 1. The van der Waals surface area contributed by atoms with E-state index in [1.807, 2.05) is 31.2 Å². The molecule has 0 aliphatic rings. The van der Waals surface area contributed by atoms with Gasteiger partial charge in [0.2, 0.25) is 0 Å². The highest BCUT2D eigenvalue weighted by atomic mass is 19.4. The molecule has 29 heavy (non-hydrogen) atoms. The number of ether oxygens (including phenoxy) is 1. The summed E-state index contributed by atoms with van der Waals surface area (Å²) in [5, 5.41) is 22.1. The maximum absolute atomic E-state index is 12.8. The molecule has 2 unspecified atom stereocenters. The van der Waals surface area contributed by atoms with Crippen LogP contribution >= 0.6 is 0 Å². The molecule has 2 atom stereocenters. The monoisotopic (exact) mass is 411 g/mol. The van der Waals surface area contributed by atoms with E-state index in [0.717, 1.165) is 29.9 Å². The molecule has 0 fully saturated rings. The van der Waals surface area contributed by atoms with Crippen molar-refractivity contribution in [2.75, 3.05) is 19.8 Å². The van der Waals surface area contributed by atoms with Gasteiger partial charge in [-0.15, -0.1) is 0 Å². The molecule has 0 saturated carbocycles. The van der Waals surface area contributed by atoms with Gasteiger partial charge in [-0.05, 0) is 61.6 Å². The van der Waals surface area contributed by atoms with Crippen molar-refractivity contribution < 1.29 is 28.1 Å². The third-order valence-electron chi connectivity index (χ3n) is 4.54. The van der Waals surface area contributed by atoms with Gasteiger partial charge < -0.3 is 20.3 Å². The second kappa shape index (κ2) is 11.2. The van der Waals surface area contributed by atoms with Crippen molar-refractivity contribution in [1.29, 1.82) is 0 Å². The van der Waals surface area contributed by atoms with Gasteiger partial charge in [0.05, 0.1) is 18.3 Å². The van der Waals surface area contributed by atoms with E-state index in [9.17, 15) is 18.3 Å². The summed E-state index contributed by atoms with van der Waals surface area (Å²) in [4.78, 5) is 0. The van der Waals surface area contributed by atoms with Gasteiger partial charge in [0.25, 0.3) is 0 Å². The third kappa shape index (κ3) is 8.04. The molecule has 2 rings (SSSR count). The molecule has 4 nitrogen and oxygen atoms in total. The van der Waals surface area contributed by atoms with Crippen molar-refractivity contribution >= 4 is 0 Å². The number of halogens is 3. The summed E-state index contributed by atoms with van der Waals surface area (Å²) >= 11 is 0. The topological polar surface area (TPSA) is 61.7 Å². The molecule has 160 valence electrons. The van der Waals surface area contributed by atoms with E-state index >= 15 is 0 Å². The lowest BCUT2D eigenvalue weighted by Gasteiger charge is -2.18. The highest BCUT2D eigenvalue weighted by molar-refractivity contribution is 5.28. The lowest BCUT2D eigenvalue weighted by atomic mass is 10.0. The van der Waals surface area contributed by atoms with Crippen LogP contribution in [0.2, 0.25) is 0 Å². The van der Waals surface area contributed by atoms with Crippen LogP contribution in [-0.4, -0.2) is 36.0 Å². The summed E-state index contributed by atoms with van der Waals surface area (Å²) in [7, 11) is 0. The lowest BCUT2D eigenvalue weighted by Crippen LogP contribution is -2.32. The average molecular weight is 411 g/mol. The van der Waals surface area contributed by atoms with Gasteiger partial charge in [0.15, 0.2) is 0 Å². The van der Waals surface area contributed by atoms with E-state index in [0.29, 0.717) is 19.4 Å². The van der Waals surface area contributed by atoms with Gasteiger partial charge in [-0.2, -0.15) is 13.2 Å². The Hall–Kier alpha value is -2.09. The van der Waals surface area contributed by atoms with E-state index in [2.05, 4.69) is 5.32 Å². The fourth-order valence-corrected chi connectivity index (χ4v) is 2.90. The van der Waals surface area contributed by atoms with E-state index in [4.69, 9.17) is 9.84 Å². The quantitative estimate of drug-likeness (QED) is 0.487. The van der Waals surface area contributed by atoms with Crippen molar-refractivity contribution in [3.8, 4) is 5.75 Å². The first-order chi connectivity index (χ1) is 13.8. The van der Waals surface area contributed by atoms with E-state index in [-0.39, 0.29) is 24.8 Å². The van der Waals surface area contributed by atoms with E-state index in [1.54, 1.807) is 0 Å². The van der Waals surface area contributed by atoms with Gasteiger partial charge in [-0.3, -0.25) is 0 Å². The van der Waals surface area contributed by atoms with Crippen molar-refractivity contribution in [2.24, 2.45) is 0 Å². The zero-order chi connectivity index (χ0) is 21.3. The Morgan fingerprint density at radius 1 is 1.07 bits per heavy atom. The van der Waals surface area contributed by atoms with Crippen molar-refractivity contribution in [1.82, 2.24) is 5.32 Å². The maximum Gasteiger partial charge on any atom is 0.416 e. The SMILES string of the molecule is CC(Cc1ccc(OCCCCO)cc1)NCC(O)c1cccc(C(F)(F)F)c1. The fourth-order valence-electron chi connectivity index (χ4n) is 2.90. The van der Waals surface area contributed by atoms with Crippen LogP contribution in [0.1, 0.15) is 42.6 Å².